The van der Waals surface area contributed by atoms with Crippen molar-refractivity contribution in [2.24, 2.45) is 0 Å². The number of carbonyl (C=O) groups excluding carboxylic acids is 1. The molecular formula is C17H18O2. The van der Waals surface area contributed by atoms with E-state index in [0.29, 0.717) is 5.56 Å². The van der Waals surface area contributed by atoms with Gasteiger partial charge in [0.2, 0.25) is 0 Å². The van der Waals surface area contributed by atoms with E-state index in [1.807, 2.05) is 54.6 Å². The zero-order valence-corrected chi connectivity index (χ0v) is 11.1. The minimum atomic E-state index is 0.00639. The van der Waals surface area contributed by atoms with E-state index < -0.39 is 0 Å². The molecule has 0 radical (unpaired) electrons. The summed E-state index contributed by atoms with van der Waals surface area (Å²) in [5.74, 6) is 0.727. The van der Waals surface area contributed by atoms with Gasteiger partial charge in [0.25, 0.3) is 0 Å². The van der Waals surface area contributed by atoms with Gasteiger partial charge < -0.3 is 4.74 Å². The molecule has 2 nitrogen and oxygen atoms in total. The summed E-state index contributed by atoms with van der Waals surface area (Å²) >= 11 is 0. The molecule has 0 unspecified atom stereocenters. The Morgan fingerprint density at radius 2 is 1.68 bits per heavy atom. The molecule has 0 heterocycles. The summed E-state index contributed by atoms with van der Waals surface area (Å²) in [4.78, 5) is 12.0. The quantitative estimate of drug-likeness (QED) is 0.731. The van der Waals surface area contributed by atoms with Crippen molar-refractivity contribution in [1.29, 1.82) is 0 Å². The van der Waals surface area contributed by atoms with Crippen LogP contribution in [0.1, 0.15) is 29.3 Å². The largest absolute Gasteiger partial charge is 0.485 e. The number of hydrogen-bond acceptors (Lipinski definition) is 2. The van der Waals surface area contributed by atoms with Gasteiger partial charge in [-0.1, -0.05) is 55.8 Å². The highest BCUT2D eigenvalue weighted by molar-refractivity contribution is 5.97. The number of carbonyl (C=O) groups is 1. The smallest absolute Gasteiger partial charge is 0.200 e. The molecule has 0 aliphatic rings. The third-order valence-electron chi connectivity index (χ3n) is 2.93. The molecule has 2 aromatic rings. The number of aryl methyl sites for hydroxylation is 1. The second-order valence-corrected chi connectivity index (χ2v) is 4.47. The molecule has 0 atom stereocenters. The van der Waals surface area contributed by atoms with Gasteiger partial charge in [0, 0.05) is 5.56 Å². The third-order valence-corrected chi connectivity index (χ3v) is 2.93. The molecular weight excluding hydrogens is 236 g/mol. The fourth-order valence-electron chi connectivity index (χ4n) is 1.89. The molecule has 0 N–H and O–H groups in total. The molecule has 2 aromatic carbocycles. The van der Waals surface area contributed by atoms with Crippen molar-refractivity contribution in [2.45, 2.75) is 19.8 Å². The van der Waals surface area contributed by atoms with Gasteiger partial charge in [-0.3, -0.25) is 4.79 Å². The predicted octanol–water partition coefficient (Wildman–Crippen LogP) is 3.90. The van der Waals surface area contributed by atoms with E-state index in [4.69, 9.17) is 4.74 Å². The molecule has 0 bridgehead atoms. The van der Waals surface area contributed by atoms with E-state index in [1.165, 1.54) is 5.56 Å². The normalized spacial score (nSPS) is 10.2. The van der Waals surface area contributed by atoms with Gasteiger partial charge in [0.15, 0.2) is 12.4 Å². The Morgan fingerprint density at radius 3 is 2.32 bits per heavy atom. The summed E-state index contributed by atoms with van der Waals surface area (Å²) in [6.45, 7) is 2.23. The Labute approximate surface area is 114 Å². The van der Waals surface area contributed by atoms with Crippen LogP contribution in [0.15, 0.2) is 54.6 Å². The highest BCUT2D eigenvalue weighted by Crippen LogP contribution is 2.11. The lowest BCUT2D eigenvalue weighted by Crippen LogP contribution is -2.11. The first-order chi connectivity index (χ1) is 9.29. The van der Waals surface area contributed by atoms with Crippen LogP contribution in [0.25, 0.3) is 0 Å². The van der Waals surface area contributed by atoms with Gasteiger partial charge in [-0.2, -0.15) is 0 Å². The Kier molecular flexibility index (Phi) is 4.73. The van der Waals surface area contributed by atoms with Gasteiger partial charge in [0.1, 0.15) is 5.75 Å². The second kappa shape index (κ2) is 6.74. The van der Waals surface area contributed by atoms with E-state index >= 15 is 0 Å². The van der Waals surface area contributed by atoms with E-state index in [9.17, 15) is 4.79 Å². The maximum Gasteiger partial charge on any atom is 0.200 e. The summed E-state index contributed by atoms with van der Waals surface area (Å²) in [5.41, 5.74) is 1.97. The number of Topliss-reactive ketones (excluding diaryl/α,β-unsaturated/α-hetero) is 1. The van der Waals surface area contributed by atoms with Gasteiger partial charge in [-0.15, -0.1) is 0 Å². The number of hydrogen-bond donors (Lipinski definition) is 0. The molecule has 98 valence electrons. The van der Waals surface area contributed by atoms with Crippen LogP contribution in [-0.2, 0) is 6.42 Å². The predicted molar refractivity (Wildman–Crippen MR) is 76.7 cm³/mol. The minimum Gasteiger partial charge on any atom is -0.485 e. The van der Waals surface area contributed by atoms with Crippen molar-refractivity contribution in [1.82, 2.24) is 0 Å². The summed E-state index contributed by atoms with van der Waals surface area (Å²) in [6, 6.07) is 17.2. The van der Waals surface area contributed by atoms with Crippen LogP contribution >= 0.6 is 0 Å². The zero-order chi connectivity index (χ0) is 13.5. The van der Waals surface area contributed by atoms with Crippen molar-refractivity contribution >= 4 is 5.78 Å². The van der Waals surface area contributed by atoms with E-state index in [2.05, 4.69) is 6.92 Å². The monoisotopic (exact) mass is 254 g/mol. The number of ketones is 1. The zero-order valence-electron chi connectivity index (χ0n) is 11.1. The molecule has 2 rings (SSSR count). The first-order valence-electron chi connectivity index (χ1n) is 6.59. The summed E-state index contributed by atoms with van der Waals surface area (Å²) < 4.78 is 5.45. The van der Waals surface area contributed by atoms with Crippen LogP contribution in [0.4, 0.5) is 0 Å². The minimum absolute atomic E-state index is 0.00639. The molecule has 0 aliphatic heterocycles. The number of para-hydroxylation sites is 1. The molecule has 0 fully saturated rings. The topological polar surface area (TPSA) is 26.3 Å². The molecule has 0 spiro atoms. The fraction of sp³-hybridized carbons (Fsp3) is 0.235. The third kappa shape index (κ3) is 3.95. The van der Waals surface area contributed by atoms with E-state index in [-0.39, 0.29) is 12.4 Å². The lowest BCUT2D eigenvalue weighted by atomic mass is 10.1. The molecule has 0 saturated carbocycles. The number of ether oxygens (including phenoxy) is 1. The van der Waals surface area contributed by atoms with E-state index in [0.717, 1.165) is 18.6 Å². The summed E-state index contributed by atoms with van der Waals surface area (Å²) in [5, 5.41) is 0. The lowest BCUT2D eigenvalue weighted by molar-refractivity contribution is 0.0921. The average Bonchev–Trinajstić information content (AvgIpc) is 2.47. The van der Waals surface area contributed by atoms with E-state index in [1.54, 1.807) is 0 Å². The fourth-order valence-corrected chi connectivity index (χ4v) is 1.89. The molecule has 2 heteroatoms. The molecule has 0 aromatic heterocycles. The average molecular weight is 254 g/mol. The van der Waals surface area contributed by atoms with Gasteiger partial charge in [0.05, 0.1) is 0 Å². The maximum absolute atomic E-state index is 12.0. The van der Waals surface area contributed by atoms with Gasteiger partial charge in [-0.25, -0.2) is 0 Å². The lowest BCUT2D eigenvalue weighted by Gasteiger charge is -2.06. The Balaban J connectivity index is 1.92. The Morgan fingerprint density at radius 1 is 1.00 bits per heavy atom. The Hall–Kier alpha value is -2.09. The van der Waals surface area contributed by atoms with Gasteiger partial charge >= 0.3 is 0 Å². The molecule has 0 aliphatic carbocycles. The molecule has 0 amide bonds. The number of rotatable bonds is 6. The Bertz CT molecular complexity index is 515. The van der Waals surface area contributed by atoms with Crippen LogP contribution < -0.4 is 4.74 Å². The molecule has 0 saturated heterocycles. The van der Waals surface area contributed by atoms with Crippen molar-refractivity contribution in [3.63, 3.8) is 0 Å². The van der Waals surface area contributed by atoms with Crippen molar-refractivity contribution in [3.05, 3.63) is 65.7 Å². The van der Waals surface area contributed by atoms with Gasteiger partial charge in [-0.05, 0) is 24.1 Å². The van der Waals surface area contributed by atoms with Crippen LogP contribution in [0.2, 0.25) is 0 Å². The highest BCUT2D eigenvalue weighted by Gasteiger charge is 2.06. The van der Waals surface area contributed by atoms with Crippen LogP contribution in [0.5, 0.6) is 5.75 Å². The summed E-state index contributed by atoms with van der Waals surface area (Å²) in [6.07, 6.45) is 2.17. The van der Waals surface area contributed by atoms with Crippen molar-refractivity contribution in [2.75, 3.05) is 6.61 Å². The SMILES string of the molecule is CCCc1ccc(C(=O)COc2ccccc2)cc1. The van der Waals surface area contributed by atoms with Crippen LogP contribution in [0, 0.1) is 0 Å². The second-order valence-electron chi connectivity index (χ2n) is 4.47. The first kappa shape index (κ1) is 13.3. The first-order valence-corrected chi connectivity index (χ1v) is 6.59. The standard InChI is InChI=1S/C17H18O2/c1-2-6-14-9-11-15(12-10-14)17(18)13-19-16-7-4-3-5-8-16/h3-5,7-12H,2,6,13H2,1H3. The molecule has 19 heavy (non-hydrogen) atoms. The van der Waals surface area contributed by atoms with Crippen molar-refractivity contribution < 1.29 is 9.53 Å². The highest BCUT2D eigenvalue weighted by atomic mass is 16.5. The van der Waals surface area contributed by atoms with Crippen molar-refractivity contribution in [3.8, 4) is 5.75 Å². The summed E-state index contributed by atoms with van der Waals surface area (Å²) in [7, 11) is 0. The van der Waals surface area contributed by atoms with Crippen LogP contribution in [0.3, 0.4) is 0 Å². The van der Waals surface area contributed by atoms with Crippen LogP contribution in [-0.4, -0.2) is 12.4 Å². The number of benzene rings is 2. The maximum atomic E-state index is 12.0.